The molecule has 0 atom stereocenters. The van der Waals surface area contributed by atoms with Crippen molar-refractivity contribution in [3.8, 4) is 11.4 Å². The van der Waals surface area contributed by atoms with E-state index in [2.05, 4.69) is 4.98 Å². The minimum Gasteiger partial charge on any atom is -0.398 e. The Morgan fingerprint density at radius 1 is 1.00 bits per heavy atom. The van der Waals surface area contributed by atoms with E-state index in [0.717, 1.165) is 5.56 Å². The molecule has 4 rings (SSSR count). The Hall–Kier alpha value is -2.37. The van der Waals surface area contributed by atoms with Crippen molar-refractivity contribution >= 4 is 12.7 Å². The summed E-state index contributed by atoms with van der Waals surface area (Å²) in [6.07, 6.45) is -0.000774. The van der Waals surface area contributed by atoms with Gasteiger partial charge in [0.25, 0.3) is 0 Å². The molecule has 27 heavy (non-hydrogen) atoms. The fourth-order valence-corrected chi connectivity index (χ4v) is 2.88. The zero-order valence-corrected chi connectivity index (χ0v) is 15.9. The Bertz CT molecular complexity index is 1180. The molecule has 0 unspecified atom stereocenters. The van der Waals surface area contributed by atoms with Gasteiger partial charge in [0, 0.05) is 18.3 Å². The Labute approximate surface area is 169 Å². The van der Waals surface area contributed by atoms with E-state index in [0.29, 0.717) is 0 Å². The number of hydrogen-bond donors (Lipinski definition) is 0. The average molecular weight is 366 g/mol. The molecular formula is C22H25BN2O2. The highest BCUT2D eigenvalue weighted by atomic mass is 16.7. The molecule has 0 N–H and O–H groups in total. The van der Waals surface area contributed by atoms with Crippen LogP contribution >= 0.6 is 0 Å². The predicted octanol–water partition coefficient (Wildman–Crippen LogP) is 3.90. The summed E-state index contributed by atoms with van der Waals surface area (Å²) < 4.78 is 63.5. The van der Waals surface area contributed by atoms with E-state index >= 15 is 0 Å². The van der Waals surface area contributed by atoms with Gasteiger partial charge < -0.3 is 13.9 Å². The molecule has 1 saturated heterocycles. The first-order chi connectivity index (χ1) is 15.4. The highest BCUT2D eigenvalue weighted by Crippen LogP contribution is 2.36. The van der Waals surface area contributed by atoms with Gasteiger partial charge in [-0.2, -0.15) is 0 Å². The van der Waals surface area contributed by atoms with Crippen molar-refractivity contribution in [3.05, 3.63) is 72.3 Å². The van der Waals surface area contributed by atoms with Crippen LogP contribution in [0, 0.1) is 0 Å². The Morgan fingerprint density at radius 3 is 2.26 bits per heavy atom. The molecule has 138 valence electrons. The van der Waals surface area contributed by atoms with Crippen molar-refractivity contribution in [2.24, 2.45) is 0 Å². The number of nitrogens with zero attached hydrogens (tertiary/aromatic N) is 2. The molecule has 1 aliphatic heterocycles. The molecule has 4 nitrogen and oxygen atoms in total. The quantitative estimate of drug-likeness (QED) is 0.657. The van der Waals surface area contributed by atoms with Crippen LogP contribution in [0.4, 0.5) is 0 Å². The first kappa shape index (κ1) is 12.2. The second kappa shape index (κ2) is 6.66. The second-order valence-corrected chi connectivity index (χ2v) is 7.59. The Kier molecular flexibility index (Phi) is 3.00. The molecule has 2 heterocycles. The first-order valence-corrected chi connectivity index (χ1v) is 8.89. The molecule has 3 aromatic rings. The third kappa shape index (κ3) is 3.45. The molecule has 0 radical (unpaired) electrons. The second-order valence-electron chi connectivity index (χ2n) is 7.59. The number of imidazole rings is 1. The zero-order valence-electron chi connectivity index (χ0n) is 21.9. The fraction of sp³-hybridized carbons (Fsp3) is 0.318. The Balaban J connectivity index is 1.94. The largest absolute Gasteiger partial charge is 0.516 e. The van der Waals surface area contributed by atoms with Gasteiger partial charge in [-0.1, -0.05) is 60.5 Å². The lowest BCUT2D eigenvalue weighted by Crippen LogP contribution is -2.41. The van der Waals surface area contributed by atoms with Gasteiger partial charge in [-0.05, 0) is 33.3 Å². The smallest absolute Gasteiger partial charge is 0.398 e. The summed E-state index contributed by atoms with van der Waals surface area (Å²) in [5.74, 6) is 0.102. The summed E-state index contributed by atoms with van der Waals surface area (Å²) in [7, 11) is -0.928. The molecule has 0 bridgehead atoms. The Morgan fingerprint density at radius 2 is 1.63 bits per heavy atom. The van der Waals surface area contributed by atoms with Gasteiger partial charge in [-0.3, -0.25) is 0 Å². The monoisotopic (exact) mass is 366 g/mol. The van der Waals surface area contributed by atoms with E-state index < -0.39 is 36.4 Å². The molecule has 2 aromatic carbocycles. The van der Waals surface area contributed by atoms with Crippen LogP contribution < -0.4 is 5.59 Å². The normalized spacial score (nSPS) is 21.1. The van der Waals surface area contributed by atoms with Crippen LogP contribution in [0.25, 0.3) is 11.4 Å². The third-order valence-corrected chi connectivity index (χ3v) is 5.12. The summed E-state index contributed by atoms with van der Waals surface area (Å²) >= 11 is 0. The number of hydrogen-bond acceptors (Lipinski definition) is 3. The van der Waals surface area contributed by atoms with E-state index in [9.17, 15) is 0 Å². The zero-order chi connectivity index (χ0) is 24.3. The minimum absolute atomic E-state index is 0.000774. The minimum atomic E-state index is -0.928. The topological polar surface area (TPSA) is 36.3 Å². The molecule has 1 aromatic heterocycles. The maximum Gasteiger partial charge on any atom is 0.516 e. The van der Waals surface area contributed by atoms with Crippen molar-refractivity contribution in [1.29, 1.82) is 0 Å². The van der Waals surface area contributed by atoms with Gasteiger partial charge in [-0.15, -0.1) is 0 Å². The fourth-order valence-electron chi connectivity index (χ4n) is 2.88. The molecule has 1 aliphatic rings. The molecular weight excluding hydrogens is 335 g/mol. The SMILES string of the molecule is [2H]c1c([2H])c([2H])c(-c2nc(B3OC(C)(C)C(C)(C)O3)c([2H])n2Cc2ccccc2)c([2H])c1[2H]. The maximum absolute atomic E-state index is 8.87. The van der Waals surface area contributed by atoms with Gasteiger partial charge in [0.1, 0.15) is 5.82 Å². The summed E-state index contributed by atoms with van der Waals surface area (Å²) in [5.41, 5.74) is -0.286. The van der Waals surface area contributed by atoms with Crippen molar-refractivity contribution in [3.63, 3.8) is 0 Å². The van der Waals surface area contributed by atoms with E-state index in [1.54, 1.807) is 0 Å². The summed E-state index contributed by atoms with van der Waals surface area (Å²) in [6, 6.07) is 7.26. The van der Waals surface area contributed by atoms with Crippen LogP contribution in [0.5, 0.6) is 0 Å². The van der Waals surface area contributed by atoms with E-state index in [1.165, 1.54) is 4.57 Å². The molecule has 0 saturated carbocycles. The maximum atomic E-state index is 8.87. The summed E-state index contributed by atoms with van der Waals surface area (Å²) in [4.78, 5) is 4.58. The van der Waals surface area contributed by atoms with E-state index in [-0.39, 0.29) is 41.8 Å². The summed E-state index contributed by atoms with van der Waals surface area (Å²) in [6.45, 7) is 7.81. The lowest BCUT2D eigenvalue weighted by Gasteiger charge is -2.32. The van der Waals surface area contributed by atoms with Crippen LogP contribution in [-0.4, -0.2) is 27.9 Å². The average Bonchev–Trinajstić information content (AvgIpc) is 3.18. The van der Waals surface area contributed by atoms with Crippen LogP contribution in [-0.2, 0) is 15.9 Å². The number of aromatic nitrogens is 2. The number of rotatable bonds is 4. The van der Waals surface area contributed by atoms with Crippen molar-refractivity contribution < 1.29 is 17.5 Å². The molecule has 0 aliphatic carbocycles. The predicted molar refractivity (Wildman–Crippen MR) is 109 cm³/mol. The van der Waals surface area contributed by atoms with Crippen molar-refractivity contribution in [2.45, 2.75) is 45.4 Å². The molecule has 0 amide bonds. The molecule has 0 spiro atoms. The molecule has 1 fully saturated rings. The first-order valence-electron chi connectivity index (χ1n) is 11.9. The summed E-state index contributed by atoms with van der Waals surface area (Å²) in [5, 5.41) is 0. The van der Waals surface area contributed by atoms with Gasteiger partial charge in [0.2, 0.25) is 0 Å². The third-order valence-electron chi connectivity index (χ3n) is 5.12. The number of benzene rings is 2. The van der Waals surface area contributed by atoms with Crippen molar-refractivity contribution in [2.75, 3.05) is 0 Å². The lowest BCUT2D eigenvalue weighted by molar-refractivity contribution is 0.00578. The standard InChI is InChI=1S/C22H25BN2O2/c1-21(2)22(3,4)27-23(26-21)19-16-25(15-17-11-7-5-8-12-17)20(24-19)18-13-9-6-10-14-18/h5-14,16H,15H2,1-4H3/i6D,9D,10D,13D,14D,16D. The van der Waals surface area contributed by atoms with Crippen molar-refractivity contribution in [1.82, 2.24) is 9.55 Å². The van der Waals surface area contributed by atoms with Crippen LogP contribution in [0.2, 0.25) is 0 Å². The van der Waals surface area contributed by atoms with Crippen LogP contribution in [0.15, 0.2) is 66.7 Å². The lowest BCUT2D eigenvalue weighted by atomic mass is 9.86. The van der Waals surface area contributed by atoms with Gasteiger partial charge in [0.05, 0.1) is 25.0 Å². The van der Waals surface area contributed by atoms with Crippen LogP contribution in [0.3, 0.4) is 0 Å². The van der Waals surface area contributed by atoms with Gasteiger partial charge in [0.15, 0.2) is 0 Å². The van der Waals surface area contributed by atoms with Gasteiger partial charge >= 0.3 is 7.12 Å². The highest BCUT2D eigenvalue weighted by molar-refractivity contribution is 6.61. The highest BCUT2D eigenvalue weighted by Gasteiger charge is 2.52. The molecule has 5 heteroatoms. The van der Waals surface area contributed by atoms with E-state index in [1.807, 2.05) is 58.0 Å². The van der Waals surface area contributed by atoms with Crippen LogP contribution in [0.1, 0.15) is 41.5 Å². The van der Waals surface area contributed by atoms with Gasteiger partial charge in [-0.25, -0.2) is 4.98 Å². The van der Waals surface area contributed by atoms with E-state index in [4.69, 9.17) is 17.5 Å².